The maximum atomic E-state index is 12.6. The lowest BCUT2D eigenvalue weighted by atomic mass is 10.2. The first-order valence-electron chi connectivity index (χ1n) is 7.70. The third kappa shape index (κ3) is 2.63. The monoisotopic (exact) mass is 307 g/mol. The summed E-state index contributed by atoms with van der Waals surface area (Å²) in [6.07, 6.45) is 8.41. The molecule has 0 saturated carbocycles. The molecule has 23 heavy (non-hydrogen) atoms. The van der Waals surface area contributed by atoms with E-state index in [0.717, 1.165) is 24.2 Å². The lowest BCUT2D eigenvalue weighted by molar-refractivity contribution is 0.0787. The topological polar surface area (TPSA) is 56.0 Å². The van der Waals surface area contributed by atoms with Crippen LogP contribution in [0.5, 0.6) is 0 Å². The first-order chi connectivity index (χ1) is 11.3. The van der Waals surface area contributed by atoms with Gasteiger partial charge in [-0.15, -0.1) is 5.10 Å². The highest BCUT2D eigenvalue weighted by molar-refractivity contribution is 5.94. The first-order valence-corrected chi connectivity index (χ1v) is 7.70. The number of nitrogens with zero attached hydrogens (tertiary/aromatic N) is 5. The van der Waals surface area contributed by atoms with E-state index < -0.39 is 0 Å². The average Bonchev–Trinajstić information content (AvgIpc) is 3.36. The molecule has 1 aliphatic heterocycles. The van der Waals surface area contributed by atoms with Crippen molar-refractivity contribution in [3.05, 3.63) is 66.7 Å². The Balaban J connectivity index is 1.47. The van der Waals surface area contributed by atoms with E-state index in [4.69, 9.17) is 0 Å². The second-order valence-electron chi connectivity index (χ2n) is 5.71. The largest absolute Gasteiger partial charge is 0.336 e. The number of carbonyl (C=O) groups excluding carboxylic acids is 1. The van der Waals surface area contributed by atoms with Crippen LogP contribution >= 0.6 is 0 Å². The molecule has 1 fully saturated rings. The quantitative estimate of drug-likeness (QED) is 0.745. The van der Waals surface area contributed by atoms with Crippen LogP contribution in [0.25, 0.3) is 5.69 Å². The van der Waals surface area contributed by atoms with Gasteiger partial charge in [-0.2, -0.15) is 0 Å². The molecular formula is C17H17N5O. The van der Waals surface area contributed by atoms with Crippen molar-refractivity contribution in [2.75, 3.05) is 13.1 Å². The van der Waals surface area contributed by atoms with Crippen LogP contribution in [-0.2, 0) is 0 Å². The van der Waals surface area contributed by atoms with Gasteiger partial charge in [0.1, 0.15) is 0 Å². The molecular weight excluding hydrogens is 290 g/mol. The number of hydrogen-bond donors (Lipinski definition) is 0. The van der Waals surface area contributed by atoms with Gasteiger partial charge >= 0.3 is 0 Å². The number of carbonyl (C=O) groups is 1. The molecule has 0 unspecified atom stereocenters. The van der Waals surface area contributed by atoms with E-state index in [1.807, 2.05) is 69.1 Å². The van der Waals surface area contributed by atoms with Gasteiger partial charge in [0.2, 0.25) is 0 Å². The molecule has 0 N–H and O–H groups in total. The third-order valence-corrected chi connectivity index (χ3v) is 4.28. The van der Waals surface area contributed by atoms with E-state index in [0.29, 0.717) is 6.54 Å². The molecule has 116 valence electrons. The Morgan fingerprint density at radius 1 is 1.09 bits per heavy atom. The van der Waals surface area contributed by atoms with Gasteiger partial charge in [0, 0.05) is 42.9 Å². The van der Waals surface area contributed by atoms with Crippen molar-refractivity contribution in [2.24, 2.45) is 0 Å². The molecule has 1 aliphatic rings. The van der Waals surface area contributed by atoms with Crippen LogP contribution < -0.4 is 0 Å². The maximum Gasteiger partial charge on any atom is 0.253 e. The van der Waals surface area contributed by atoms with Gasteiger partial charge in [-0.05, 0) is 42.8 Å². The van der Waals surface area contributed by atoms with E-state index in [-0.39, 0.29) is 11.9 Å². The van der Waals surface area contributed by atoms with Crippen LogP contribution in [0.4, 0.5) is 0 Å². The fraction of sp³-hybridized carbons (Fsp3) is 0.235. The van der Waals surface area contributed by atoms with Crippen molar-refractivity contribution in [2.45, 2.75) is 12.5 Å². The van der Waals surface area contributed by atoms with Crippen LogP contribution in [0.3, 0.4) is 0 Å². The van der Waals surface area contributed by atoms with E-state index in [1.54, 1.807) is 6.20 Å². The van der Waals surface area contributed by atoms with Crippen molar-refractivity contribution in [1.82, 2.24) is 24.5 Å². The normalized spacial score (nSPS) is 17.6. The number of amides is 1. The highest BCUT2D eigenvalue weighted by Crippen LogP contribution is 2.22. The van der Waals surface area contributed by atoms with Crippen LogP contribution in [0.15, 0.2) is 61.2 Å². The minimum Gasteiger partial charge on any atom is -0.336 e. The van der Waals surface area contributed by atoms with Gasteiger partial charge in [-0.1, -0.05) is 5.21 Å². The van der Waals surface area contributed by atoms with Crippen LogP contribution in [0.2, 0.25) is 0 Å². The summed E-state index contributed by atoms with van der Waals surface area (Å²) in [6, 6.07) is 11.9. The zero-order valence-electron chi connectivity index (χ0n) is 12.6. The molecule has 3 aromatic rings. The minimum atomic E-state index is 0.0756. The van der Waals surface area contributed by atoms with Gasteiger partial charge in [-0.25, -0.2) is 4.68 Å². The Labute approximate surface area is 134 Å². The average molecular weight is 307 g/mol. The molecule has 6 heteroatoms. The minimum absolute atomic E-state index is 0.0756. The summed E-state index contributed by atoms with van der Waals surface area (Å²) in [5.41, 5.74) is 1.77. The second-order valence-corrected chi connectivity index (χ2v) is 5.71. The van der Waals surface area contributed by atoms with E-state index in [2.05, 4.69) is 10.3 Å². The molecule has 1 atom stereocenters. The molecule has 1 saturated heterocycles. The van der Waals surface area contributed by atoms with E-state index in [9.17, 15) is 4.79 Å². The molecule has 0 spiro atoms. The number of aromatic nitrogens is 4. The van der Waals surface area contributed by atoms with Crippen molar-refractivity contribution in [3.8, 4) is 5.69 Å². The fourth-order valence-electron chi connectivity index (χ4n) is 3.02. The first kappa shape index (κ1) is 13.8. The maximum absolute atomic E-state index is 12.6. The summed E-state index contributed by atoms with van der Waals surface area (Å²) < 4.78 is 3.85. The predicted octanol–water partition coefficient (Wildman–Crippen LogP) is 2.16. The zero-order chi connectivity index (χ0) is 15.6. The molecule has 0 bridgehead atoms. The predicted molar refractivity (Wildman–Crippen MR) is 85.3 cm³/mol. The SMILES string of the molecule is O=C(c1ccc(-n2cccc2)cc1)N1CC[C@@H](n2ccnn2)C1. The van der Waals surface area contributed by atoms with Crippen molar-refractivity contribution in [1.29, 1.82) is 0 Å². The Hall–Kier alpha value is -2.89. The number of likely N-dealkylation sites (tertiary alicyclic amines) is 1. The summed E-state index contributed by atoms with van der Waals surface area (Å²) in [4.78, 5) is 14.5. The smallest absolute Gasteiger partial charge is 0.253 e. The highest BCUT2D eigenvalue weighted by Gasteiger charge is 2.28. The zero-order valence-corrected chi connectivity index (χ0v) is 12.6. The van der Waals surface area contributed by atoms with E-state index in [1.165, 1.54) is 0 Å². The van der Waals surface area contributed by atoms with Crippen LogP contribution in [-0.4, -0.2) is 43.5 Å². The lowest BCUT2D eigenvalue weighted by Gasteiger charge is -2.17. The van der Waals surface area contributed by atoms with Crippen LogP contribution in [0.1, 0.15) is 22.8 Å². The third-order valence-electron chi connectivity index (χ3n) is 4.28. The Kier molecular flexibility index (Phi) is 3.42. The standard InChI is InChI=1S/C17H17N5O/c23-17(21-11-7-16(13-21)22-12-8-18-19-22)14-3-5-15(6-4-14)20-9-1-2-10-20/h1-6,8-10,12,16H,7,11,13H2/t16-/m1/s1. The molecule has 1 amide bonds. The molecule has 6 nitrogen and oxygen atoms in total. The lowest BCUT2D eigenvalue weighted by Crippen LogP contribution is -2.29. The Morgan fingerprint density at radius 3 is 2.57 bits per heavy atom. The van der Waals surface area contributed by atoms with Gasteiger partial charge in [0.05, 0.1) is 12.2 Å². The highest BCUT2D eigenvalue weighted by atomic mass is 16.2. The Morgan fingerprint density at radius 2 is 1.87 bits per heavy atom. The summed E-state index contributed by atoms with van der Waals surface area (Å²) >= 11 is 0. The number of rotatable bonds is 3. The Bertz CT molecular complexity index is 777. The number of benzene rings is 1. The van der Waals surface area contributed by atoms with Gasteiger partial charge in [0.15, 0.2) is 0 Å². The molecule has 1 aromatic carbocycles. The molecule has 4 rings (SSSR count). The van der Waals surface area contributed by atoms with Crippen molar-refractivity contribution >= 4 is 5.91 Å². The van der Waals surface area contributed by atoms with Crippen LogP contribution in [0, 0.1) is 0 Å². The summed E-state index contributed by atoms with van der Waals surface area (Å²) in [5.74, 6) is 0.0756. The summed E-state index contributed by atoms with van der Waals surface area (Å²) in [5, 5.41) is 7.87. The van der Waals surface area contributed by atoms with Crippen molar-refractivity contribution in [3.63, 3.8) is 0 Å². The summed E-state index contributed by atoms with van der Waals surface area (Å²) in [6.45, 7) is 1.43. The van der Waals surface area contributed by atoms with Gasteiger partial charge in [-0.3, -0.25) is 4.79 Å². The molecule has 3 heterocycles. The number of hydrogen-bond acceptors (Lipinski definition) is 3. The van der Waals surface area contributed by atoms with Crippen molar-refractivity contribution < 1.29 is 4.79 Å². The molecule has 0 aliphatic carbocycles. The molecule has 2 aromatic heterocycles. The fourth-order valence-corrected chi connectivity index (χ4v) is 3.02. The van der Waals surface area contributed by atoms with Gasteiger partial charge in [0.25, 0.3) is 5.91 Å². The van der Waals surface area contributed by atoms with Gasteiger partial charge < -0.3 is 9.47 Å². The molecule has 0 radical (unpaired) electrons. The van der Waals surface area contributed by atoms with E-state index >= 15 is 0 Å². The summed E-state index contributed by atoms with van der Waals surface area (Å²) in [7, 11) is 0. The second kappa shape index (κ2) is 5.72.